The Morgan fingerprint density at radius 2 is 1.73 bits per heavy atom. The maximum atomic E-state index is 14.8. The highest BCUT2D eigenvalue weighted by molar-refractivity contribution is 7.15. The predicted octanol–water partition coefficient (Wildman–Crippen LogP) is 5.55. The second-order valence-corrected chi connectivity index (χ2v) is 10.2. The number of benzene rings is 3. The molecule has 0 amide bonds. The summed E-state index contributed by atoms with van der Waals surface area (Å²) >= 11 is 1.24. The van der Waals surface area contributed by atoms with Crippen LogP contribution in [0.2, 0.25) is 0 Å². The zero-order chi connectivity index (χ0) is 28.3. The molecule has 0 spiro atoms. The van der Waals surface area contributed by atoms with Crippen LogP contribution < -0.4 is 19.6 Å². The first kappa shape index (κ1) is 26.4. The third-order valence-corrected chi connectivity index (χ3v) is 7.28. The zero-order valence-electron chi connectivity index (χ0n) is 22.5. The summed E-state index contributed by atoms with van der Waals surface area (Å²) in [6.45, 7) is 4.87. The summed E-state index contributed by atoms with van der Waals surface area (Å²) in [6.07, 6.45) is 4.50. The maximum Gasteiger partial charge on any atom is 0.291 e. The van der Waals surface area contributed by atoms with Crippen LogP contribution in [0.5, 0.6) is 11.5 Å². The van der Waals surface area contributed by atoms with Crippen molar-refractivity contribution in [1.29, 1.82) is 0 Å². The van der Waals surface area contributed by atoms with Crippen molar-refractivity contribution in [1.82, 2.24) is 24.4 Å². The zero-order valence-corrected chi connectivity index (χ0v) is 23.3. The van der Waals surface area contributed by atoms with Gasteiger partial charge in [-0.1, -0.05) is 36.5 Å². The largest absolute Gasteiger partial charge is 0.494 e. The summed E-state index contributed by atoms with van der Waals surface area (Å²) in [6, 6.07) is 21.8. The molecule has 0 saturated carbocycles. The molecule has 3 aromatic carbocycles. The number of ether oxygens (including phenoxy) is 2. The maximum absolute atomic E-state index is 14.8. The number of hydrogen-bond acceptors (Lipinski definition) is 7. The Bertz CT molecular complexity index is 1930. The number of fused-ring (bicyclic) bond motifs is 1. The van der Waals surface area contributed by atoms with Crippen LogP contribution in [0.1, 0.15) is 25.8 Å². The van der Waals surface area contributed by atoms with Gasteiger partial charge in [0, 0.05) is 22.9 Å². The van der Waals surface area contributed by atoms with Gasteiger partial charge in [-0.2, -0.15) is 14.6 Å². The summed E-state index contributed by atoms with van der Waals surface area (Å²) in [4.78, 5) is 18.4. The molecular formula is C31H26FN5O3S. The third kappa shape index (κ3) is 5.33. The van der Waals surface area contributed by atoms with Gasteiger partial charge in [-0.05, 0) is 74.0 Å². The summed E-state index contributed by atoms with van der Waals surface area (Å²) in [5.74, 6) is 0.933. The topological polar surface area (TPSA) is 83.5 Å². The van der Waals surface area contributed by atoms with Crippen molar-refractivity contribution in [3.63, 3.8) is 0 Å². The average molecular weight is 568 g/mol. The van der Waals surface area contributed by atoms with Gasteiger partial charge in [0.1, 0.15) is 11.4 Å². The Hall–Kier alpha value is -4.83. The summed E-state index contributed by atoms with van der Waals surface area (Å²) < 4.78 is 29.2. The minimum absolute atomic E-state index is 0.176. The van der Waals surface area contributed by atoms with Crippen LogP contribution >= 0.6 is 11.3 Å². The number of halogens is 1. The Morgan fingerprint density at radius 1 is 0.951 bits per heavy atom. The minimum Gasteiger partial charge on any atom is -0.494 e. The minimum atomic E-state index is -0.481. The fraction of sp³-hybridized carbons (Fsp3) is 0.161. The van der Waals surface area contributed by atoms with E-state index < -0.39 is 5.82 Å². The molecule has 0 N–H and O–H groups in total. The fourth-order valence-electron chi connectivity index (χ4n) is 4.37. The first-order chi connectivity index (χ1) is 20.0. The van der Waals surface area contributed by atoms with Crippen LogP contribution in [-0.2, 0) is 0 Å². The lowest BCUT2D eigenvalue weighted by molar-refractivity contribution is 0.317. The van der Waals surface area contributed by atoms with Gasteiger partial charge in [-0.3, -0.25) is 4.79 Å². The fourth-order valence-corrected chi connectivity index (χ4v) is 5.27. The first-order valence-electron chi connectivity index (χ1n) is 13.3. The Labute approximate surface area is 238 Å². The Kier molecular flexibility index (Phi) is 7.30. The van der Waals surface area contributed by atoms with Crippen molar-refractivity contribution >= 4 is 22.4 Å². The number of nitrogens with zero attached hydrogens (tertiary/aromatic N) is 5. The van der Waals surface area contributed by atoms with Gasteiger partial charge in [0.15, 0.2) is 17.4 Å². The summed E-state index contributed by atoms with van der Waals surface area (Å²) in [5.41, 5.74) is 3.08. The van der Waals surface area contributed by atoms with Gasteiger partial charge >= 0.3 is 0 Å². The van der Waals surface area contributed by atoms with E-state index in [-0.39, 0.29) is 11.3 Å². The normalized spacial score (nSPS) is 11.8. The predicted molar refractivity (Wildman–Crippen MR) is 157 cm³/mol. The van der Waals surface area contributed by atoms with Gasteiger partial charge in [-0.15, -0.1) is 5.10 Å². The van der Waals surface area contributed by atoms with E-state index in [1.54, 1.807) is 29.8 Å². The highest BCUT2D eigenvalue weighted by Crippen LogP contribution is 2.29. The van der Waals surface area contributed by atoms with Crippen molar-refractivity contribution in [2.75, 3.05) is 13.2 Å². The molecule has 3 heterocycles. The van der Waals surface area contributed by atoms with Crippen molar-refractivity contribution < 1.29 is 13.9 Å². The molecule has 0 fully saturated rings. The van der Waals surface area contributed by atoms with Crippen molar-refractivity contribution in [3.8, 4) is 39.8 Å². The van der Waals surface area contributed by atoms with Crippen LogP contribution in [0.15, 0.2) is 83.8 Å². The van der Waals surface area contributed by atoms with E-state index in [0.717, 1.165) is 23.4 Å². The van der Waals surface area contributed by atoms with Crippen LogP contribution in [0, 0.1) is 5.82 Å². The van der Waals surface area contributed by atoms with E-state index in [1.165, 1.54) is 21.9 Å². The van der Waals surface area contributed by atoms with Crippen molar-refractivity contribution in [2.24, 2.45) is 0 Å². The molecule has 0 saturated heterocycles. The molecule has 0 aliphatic carbocycles. The number of para-hydroxylation sites is 1. The molecule has 0 unspecified atom stereocenters. The lowest BCUT2D eigenvalue weighted by Crippen LogP contribution is -2.23. The molecule has 41 heavy (non-hydrogen) atoms. The van der Waals surface area contributed by atoms with Gasteiger partial charge in [0.05, 0.1) is 23.4 Å². The SMILES string of the molecule is CCCOc1ccc(-c2nc3s/c(=C\c4cn(-c5ccccc5)nc4-c4ccc(OCC)c(F)c4)c(=O)n3n2)cc1. The molecule has 10 heteroatoms. The highest BCUT2D eigenvalue weighted by Gasteiger charge is 2.16. The van der Waals surface area contributed by atoms with E-state index in [1.807, 2.05) is 60.8 Å². The molecule has 8 nitrogen and oxygen atoms in total. The number of rotatable bonds is 9. The monoisotopic (exact) mass is 567 g/mol. The van der Waals surface area contributed by atoms with Crippen LogP contribution in [-0.4, -0.2) is 37.6 Å². The van der Waals surface area contributed by atoms with E-state index in [2.05, 4.69) is 17.0 Å². The lowest BCUT2D eigenvalue weighted by atomic mass is 10.1. The average Bonchev–Trinajstić information content (AvgIpc) is 3.69. The molecule has 206 valence electrons. The van der Waals surface area contributed by atoms with Crippen LogP contribution in [0.4, 0.5) is 4.39 Å². The molecule has 3 aromatic heterocycles. The molecule has 0 aliphatic rings. The van der Waals surface area contributed by atoms with E-state index in [0.29, 0.717) is 45.4 Å². The molecule has 0 aliphatic heterocycles. The van der Waals surface area contributed by atoms with E-state index in [9.17, 15) is 9.18 Å². The Morgan fingerprint density at radius 3 is 2.44 bits per heavy atom. The third-order valence-electron chi connectivity index (χ3n) is 6.32. The quantitative estimate of drug-likeness (QED) is 0.228. The van der Waals surface area contributed by atoms with Crippen molar-refractivity contribution in [2.45, 2.75) is 20.3 Å². The van der Waals surface area contributed by atoms with Crippen LogP contribution in [0.25, 0.3) is 39.4 Å². The molecule has 0 atom stereocenters. The molecule has 0 bridgehead atoms. The second-order valence-electron chi connectivity index (χ2n) is 9.21. The number of thiazole rings is 1. The van der Waals surface area contributed by atoms with Gasteiger partial charge in [0.25, 0.3) is 5.56 Å². The lowest BCUT2D eigenvalue weighted by Gasteiger charge is -2.06. The van der Waals surface area contributed by atoms with Gasteiger partial charge in [-0.25, -0.2) is 9.07 Å². The number of hydrogen-bond donors (Lipinski definition) is 0. The molecular weight excluding hydrogens is 541 g/mol. The van der Waals surface area contributed by atoms with Crippen molar-refractivity contribution in [3.05, 3.63) is 105 Å². The highest BCUT2D eigenvalue weighted by atomic mass is 32.1. The molecule has 6 rings (SSSR count). The molecule has 6 aromatic rings. The van der Waals surface area contributed by atoms with Crippen LogP contribution in [0.3, 0.4) is 0 Å². The number of aromatic nitrogens is 5. The first-order valence-corrected chi connectivity index (χ1v) is 14.1. The second kappa shape index (κ2) is 11.3. The molecule has 0 radical (unpaired) electrons. The van der Waals surface area contributed by atoms with E-state index >= 15 is 0 Å². The Balaban J connectivity index is 1.40. The summed E-state index contributed by atoms with van der Waals surface area (Å²) in [7, 11) is 0. The van der Waals surface area contributed by atoms with Gasteiger partial charge < -0.3 is 9.47 Å². The van der Waals surface area contributed by atoms with E-state index in [4.69, 9.17) is 14.6 Å². The standard InChI is InChI=1S/C31H26FN5O3S/c1-3-16-40-24-13-10-20(11-14-24)29-33-31-37(35-29)30(38)27(41-31)18-22-19-36(23-8-6-5-7-9-23)34-28(22)21-12-15-26(39-4-2)25(32)17-21/h5-15,17-19H,3-4,16H2,1-2H3/b27-18-. The summed E-state index contributed by atoms with van der Waals surface area (Å²) in [5, 5.41) is 9.21. The van der Waals surface area contributed by atoms with Gasteiger partial charge in [0.2, 0.25) is 4.96 Å². The smallest absolute Gasteiger partial charge is 0.291 e.